The lowest BCUT2D eigenvalue weighted by Crippen LogP contribution is -2.63. The molecule has 0 spiro atoms. The highest BCUT2D eigenvalue weighted by molar-refractivity contribution is 6.23. The van der Waals surface area contributed by atoms with Gasteiger partial charge in [-0.3, -0.25) is 0 Å². The molecule has 0 saturated carbocycles. The number of benzene rings is 2. The summed E-state index contributed by atoms with van der Waals surface area (Å²) in [6, 6.07) is 14.9. The van der Waals surface area contributed by atoms with Gasteiger partial charge in [0.15, 0.2) is 5.54 Å². The van der Waals surface area contributed by atoms with Crippen LogP contribution >= 0.6 is 11.6 Å². The first-order chi connectivity index (χ1) is 13.8. The molecule has 2 aromatic carbocycles. The molecule has 2 atom stereocenters. The lowest BCUT2D eigenvalue weighted by atomic mass is 9.79. The number of likely N-dealkylation sites (tertiary alicyclic amines) is 1. The number of alkyl halides is 1. The van der Waals surface area contributed by atoms with Crippen molar-refractivity contribution in [3.63, 3.8) is 0 Å². The molecule has 1 aliphatic rings. The Morgan fingerprint density at radius 1 is 1.17 bits per heavy atom. The molecule has 2 aromatic rings. The summed E-state index contributed by atoms with van der Waals surface area (Å²) in [5.41, 5.74) is 5.17. The minimum absolute atomic E-state index is 0.0157. The van der Waals surface area contributed by atoms with E-state index in [1.807, 2.05) is 0 Å². The van der Waals surface area contributed by atoms with Crippen LogP contribution in [0.5, 0.6) is 5.75 Å². The lowest BCUT2D eigenvalue weighted by molar-refractivity contribution is -0.165. The number of urea groups is 1. The van der Waals surface area contributed by atoms with E-state index < -0.39 is 22.6 Å². The van der Waals surface area contributed by atoms with E-state index in [2.05, 4.69) is 0 Å². The normalized spacial score (nSPS) is 24.0. The zero-order valence-corrected chi connectivity index (χ0v) is 16.8. The third-order valence-electron chi connectivity index (χ3n) is 5.09. The van der Waals surface area contributed by atoms with Crippen LogP contribution < -0.4 is 10.5 Å². The molecule has 0 aromatic heterocycles. The second-order valence-electron chi connectivity index (χ2n) is 6.99. The number of nitrogens with zero attached hydrogens (tertiary/aromatic N) is 1. The standard InChI is InChI=1S/C21H23ClN2O5/c1-28-17-9-7-15(8-10-17)13-29-18(25)21(16-5-3-2-4-6-16)14-20(22,27)11-12-24(21)19(23)26/h2-10,27H,11-14H2,1H3,(H2,23,26). The van der Waals surface area contributed by atoms with Crippen LogP contribution in [0.3, 0.4) is 0 Å². The molecule has 0 bridgehead atoms. The first-order valence-electron chi connectivity index (χ1n) is 9.12. The minimum atomic E-state index is -1.68. The molecule has 8 heteroatoms. The highest BCUT2D eigenvalue weighted by Gasteiger charge is 2.56. The van der Waals surface area contributed by atoms with Gasteiger partial charge in [0.05, 0.1) is 7.11 Å². The maximum atomic E-state index is 13.4. The van der Waals surface area contributed by atoms with Gasteiger partial charge in [0.25, 0.3) is 0 Å². The molecule has 2 unspecified atom stereocenters. The number of halogens is 1. The third-order valence-corrected chi connectivity index (χ3v) is 5.41. The van der Waals surface area contributed by atoms with Crippen LogP contribution in [0.2, 0.25) is 0 Å². The molecule has 0 radical (unpaired) electrons. The molecular weight excluding hydrogens is 396 g/mol. The van der Waals surface area contributed by atoms with E-state index in [0.29, 0.717) is 11.3 Å². The molecule has 1 aliphatic heterocycles. The Morgan fingerprint density at radius 3 is 2.41 bits per heavy atom. The number of hydrogen-bond donors (Lipinski definition) is 2. The summed E-state index contributed by atoms with van der Waals surface area (Å²) in [6.45, 7) is -0.00735. The van der Waals surface area contributed by atoms with Crippen molar-refractivity contribution in [1.29, 1.82) is 0 Å². The van der Waals surface area contributed by atoms with E-state index >= 15 is 0 Å². The molecule has 3 N–H and O–H groups in total. The summed E-state index contributed by atoms with van der Waals surface area (Å²) in [4.78, 5) is 26.8. The number of nitrogens with two attached hydrogens (primary N) is 1. The number of primary amides is 1. The average Bonchev–Trinajstić information content (AvgIpc) is 2.71. The fourth-order valence-electron chi connectivity index (χ4n) is 3.61. The molecular formula is C21H23ClN2O5. The number of piperidine rings is 1. The fraction of sp³-hybridized carbons (Fsp3) is 0.333. The fourth-order valence-corrected chi connectivity index (χ4v) is 3.89. The predicted molar refractivity (Wildman–Crippen MR) is 107 cm³/mol. The van der Waals surface area contributed by atoms with Crippen LogP contribution in [0.4, 0.5) is 4.79 Å². The van der Waals surface area contributed by atoms with Gasteiger partial charge in [0.2, 0.25) is 0 Å². The Kier molecular flexibility index (Phi) is 6.00. The van der Waals surface area contributed by atoms with E-state index in [4.69, 9.17) is 26.8 Å². The van der Waals surface area contributed by atoms with Crippen LogP contribution in [0.1, 0.15) is 24.0 Å². The summed E-state index contributed by atoms with van der Waals surface area (Å²) < 4.78 is 10.7. The van der Waals surface area contributed by atoms with Gasteiger partial charge in [-0.05, 0) is 23.3 Å². The lowest BCUT2D eigenvalue weighted by Gasteiger charge is -2.48. The molecule has 29 heavy (non-hydrogen) atoms. The molecule has 1 fully saturated rings. The van der Waals surface area contributed by atoms with Crippen LogP contribution in [0.25, 0.3) is 0 Å². The van der Waals surface area contributed by atoms with Crippen LogP contribution in [0, 0.1) is 0 Å². The maximum Gasteiger partial charge on any atom is 0.337 e. The average molecular weight is 419 g/mol. The Bertz CT molecular complexity index is 872. The number of rotatable bonds is 5. The number of esters is 1. The SMILES string of the molecule is COc1ccc(COC(=O)C2(c3ccccc3)CC(O)(Cl)CCN2C(N)=O)cc1. The van der Waals surface area contributed by atoms with Crippen molar-refractivity contribution in [2.75, 3.05) is 13.7 Å². The molecule has 2 amide bonds. The number of carbonyl (C=O) groups excluding carboxylic acids is 2. The number of methoxy groups -OCH3 is 1. The summed E-state index contributed by atoms with van der Waals surface area (Å²) in [5.74, 6) is -0.0303. The number of hydrogen-bond acceptors (Lipinski definition) is 5. The predicted octanol–water partition coefficient (Wildman–Crippen LogP) is 2.74. The zero-order chi connectivity index (χ0) is 21.1. The second kappa shape index (κ2) is 8.31. The largest absolute Gasteiger partial charge is 0.497 e. The molecule has 3 rings (SSSR count). The van der Waals surface area contributed by atoms with Crippen molar-refractivity contribution in [2.45, 2.75) is 30.0 Å². The summed E-state index contributed by atoms with van der Waals surface area (Å²) >= 11 is 6.23. The minimum Gasteiger partial charge on any atom is -0.497 e. The Balaban J connectivity index is 1.95. The van der Waals surface area contributed by atoms with Gasteiger partial charge in [0, 0.05) is 19.4 Å². The quantitative estimate of drug-likeness (QED) is 0.574. The summed E-state index contributed by atoms with van der Waals surface area (Å²) in [7, 11) is 1.56. The molecule has 1 heterocycles. The molecule has 0 aliphatic carbocycles. The van der Waals surface area contributed by atoms with E-state index in [0.717, 1.165) is 5.56 Å². The first kappa shape index (κ1) is 21.0. The number of amides is 2. The van der Waals surface area contributed by atoms with Gasteiger partial charge in [-0.1, -0.05) is 54.1 Å². The monoisotopic (exact) mass is 418 g/mol. The topological polar surface area (TPSA) is 102 Å². The van der Waals surface area contributed by atoms with Crippen molar-refractivity contribution in [2.24, 2.45) is 5.73 Å². The summed E-state index contributed by atoms with van der Waals surface area (Å²) in [6.07, 6.45) is -0.159. The van der Waals surface area contributed by atoms with Crippen molar-refractivity contribution in [1.82, 2.24) is 4.90 Å². The Hall–Kier alpha value is -2.77. The molecule has 7 nitrogen and oxygen atoms in total. The smallest absolute Gasteiger partial charge is 0.337 e. The van der Waals surface area contributed by atoms with E-state index in [1.165, 1.54) is 4.90 Å². The zero-order valence-electron chi connectivity index (χ0n) is 16.0. The second-order valence-corrected chi connectivity index (χ2v) is 7.69. The first-order valence-corrected chi connectivity index (χ1v) is 9.50. The number of carbonyl (C=O) groups is 2. The third kappa shape index (κ3) is 4.31. The summed E-state index contributed by atoms with van der Waals surface area (Å²) in [5, 5.41) is 8.85. The number of aliphatic hydroxyl groups is 1. The van der Waals surface area contributed by atoms with Crippen molar-refractivity contribution < 1.29 is 24.2 Å². The van der Waals surface area contributed by atoms with Gasteiger partial charge < -0.3 is 25.2 Å². The Labute approximate surface area is 174 Å². The molecule has 1 saturated heterocycles. The van der Waals surface area contributed by atoms with Crippen LogP contribution in [-0.4, -0.2) is 40.7 Å². The maximum absolute atomic E-state index is 13.4. The van der Waals surface area contributed by atoms with Gasteiger partial charge in [-0.25, -0.2) is 9.59 Å². The van der Waals surface area contributed by atoms with Gasteiger partial charge >= 0.3 is 12.0 Å². The van der Waals surface area contributed by atoms with E-state index in [1.54, 1.807) is 61.7 Å². The van der Waals surface area contributed by atoms with E-state index in [-0.39, 0.29) is 26.0 Å². The Morgan fingerprint density at radius 2 is 1.83 bits per heavy atom. The van der Waals surface area contributed by atoms with E-state index in [9.17, 15) is 14.7 Å². The number of ether oxygens (including phenoxy) is 2. The highest BCUT2D eigenvalue weighted by atomic mass is 35.5. The van der Waals surface area contributed by atoms with Crippen molar-refractivity contribution in [3.8, 4) is 5.75 Å². The van der Waals surface area contributed by atoms with Crippen molar-refractivity contribution in [3.05, 3.63) is 65.7 Å². The van der Waals surface area contributed by atoms with Gasteiger partial charge in [-0.15, -0.1) is 0 Å². The van der Waals surface area contributed by atoms with Gasteiger partial charge in [-0.2, -0.15) is 0 Å². The van der Waals surface area contributed by atoms with Crippen molar-refractivity contribution >= 4 is 23.6 Å². The molecule has 154 valence electrons. The highest BCUT2D eigenvalue weighted by Crippen LogP contribution is 2.44. The van der Waals surface area contributed by atoms with Crippen LogP contribution in [-0.2, 0) is 21.7 Å². The van der Waals surface area contributed by atoms with Gasteiger partial charge in [0.1, 0.15) is 17.4 Å². The van der Waals surface area contributed by atoms with Crippen LogP contribution in [0.15, 0.2) is 54.6 Å².